The fraction of sp³-hybridized carbons (Fsp3) is 0.240. The van der Waals surface area contributed by atoms with E-state index in [2.05, 4.69) is 27.8 Å². The molecule has 4 rings (SSSR count). The number of hydrogen-bond donors (Lipinski definition) is 0. The van der Waals surface area contributed by atoms with E-state index in [9.17, 15) is 9.59 Å². The van der Waals surface area contributed by atoms with Crippen LogP contribution in [0, 0.1) is 6.92 Å². The highest BCUT2D eigenvalue weighted by atomic mass is 79.9. The zero-order chi connectivity index (χ0) is 22.8. The lowest BCUT2D eigenvalue weighted by molar-refractivity contribution is -0.119. The molecule has 2 heterocycles. The smallest absolute Gasteiger partial charge is 0.263 e. The van der Waals surface area contributed by atoms with Crippen molar-refractivity contribution in [1.29, 1.82) is 0 Å². The number of rotatable bonds is 6. The molecule has 0 radical (unpaired) electrons. The number of hydrogen-bond acceptors (Lipinski definition) is 4. The van der Waals surface area contributed by atoms with Crippen LogP contribution in [0.2, 0.25) is 0 Å². The molecule has 0 atom stereocenters. The van der Waals surface area contributed by atoms with Crippen molar-refractivity contribution < 1.29 is 4.79 Å². The minimum absolute atomic E-state index is 0.0549. The van der Waals surface area contributed by atoms with Crippen molar-refractivity contribution >= 4 is 49.1 Å². The van der Waals surface area contributed by atoms with E-state index in [0.29, 0.717) is 16.8 Å². The van der Waals surface area contributed by atoms with Gasteiger partial charge in [0.05, 0.1) is 11.7 Å². The molecule has 0 saturated heterocycles. The van der Waals surface area contributed by atoms with Gasteiger partial charge in [-0.1, -0.05) is 47.1 Å². The zero-order valence-electron chi connectivity index (χ0n) is 18.3. The molecule has 0 aliphatic heterocycles. The van der Waals surface area contributed by atoms with Crippen molar-refractivity contribution in [2.75, 3.05) is 11.4 Å². The van der Waals surface area contributed by atoms with Gasteiger partial charge < -0.3 is 4.90 Å². The van der Waals surface area contributed by atoms with Crippen molar-refractivity contribution in [3.05, 3.63) is 80.1 Å². The Hall–Kier alpha value is -2.77. The Balaban J connectivity index is 1.76. The molecular weight excluding hydrogens is 486 g/mol. The number of carbonyl (C=O) groups is 1. The normalized spacial score (nSPS) is 11.1. The number of carbonyl (C=O) groups excluding carboxylic acids is 1. The summed E-state index contributed by atoms with van der Waals surface area (Å²) in [6.45, 7) is 6.48. The van der Waals surface area contributed by atoms with Crippen LogP contribution in [0.5, 0.6) is 0 Å². The Morgan fingerprint density at radius 3 is 2.56 bits per heavy atom. The number of fused-ring (bicyclic) bond motifs is 1. The molecule has 2 aromatic heterocycles. The predicted molar refractivity (Wildman–Crippen MR) is 136 cm³/mol. The van der Waals surface area contributed by atoms with E-state index >= 15 is 0 Å². The molecule has 2 aromatic carbocycles. The van der Waals surface area contributed by atoms with Crippen molar-refractivity contribution in [3.8, 4) is 11.1 Å². The van der Waals surface area contributed by atoms with Crippen LogP contribution in [-0.4, -0.2) is 22.0 Å². The highest BCUT2D eigenvalue weighted by Crippen LogP contribution is 2.36. The second-order valence-electron chi connectivity index (χ2n) is 7.60. The van der Waals surface area contributed by atoms with Crippen LogP contribution in [0.4, 0.5) is 5.69 Å². The summed E-state index contributed by atoms with van der Waals surface area (Å²) in [6.07, 6.45) is 2.30. The first-order valence-electron chi connectivity index (χ1n) is 10.6. The first-order valence-corrected chi connectivity index (χ1v) is 12.2. The summed E-state index contributed by atoms with van der Waals surface area (Å²) in [7, 11) is 0. The van der Waals surface area contributed by atoms with Crippen LogP contribution in [0.1, 0.15) is 24.3 Å². The van der Waals surface area contributed by atoms with Crippen molar-refractivity contribution in [1.82, 2.24) is 9.55 Å². The third-order valence-corrected chi connectivity index (χ3v) is 7.21. The Morgan fingerprint density at radius 2 is 1.91 bits per heavy atom. The van der Waals surface area contributed by atoms with Gasteiger partial charge in [-0.3, -0.25) is 14.2 Å². The highest BCUT2D eigenvalue weighted by Gasteiger charge is 2.21. The minimum Gasteiger partial charge on any atom is -0.311 e. The summed E-state index contributed by atoms with van der Waals surface area (Å²) in [5.74, 6) is -0.141. The second-order valence-corrected chi connectivity index (χ2v) is 9.59. The third-order valence-electron chi connectivity index (χ3n) is 5.44. The third kappa shape index (κ3) is 4.27. The summed E-state index contributed by atoms with van der Waals surface area (Å²) >= 11 is 5.02. The molecule has 0 spiro atoms. The number of anilines is 1. The van der Waals surface area contributed by atoms with E-state index in [1.807, 2.05) is 62.4 Å². The number of nitrogens with zero attached hydrogens (tertiary/aromatic N) is 3. The molecule has 0 unspecified atom stereocenters. The van der Waals surface area contributed by atoms with E-state index in [1.165, 1.54) is 10.9 Å². The molecule has 0 bridgehead atoms. The highest BCUT2D eigenvalue weighted by molar-refractivity contribution is 9.10. The van der Waals surface area contributed by atoms with Gasteiger partial charge in [0.2, 0.25) is 5.91 Å². The van der Waals surface area contributed by atoms with Gasteiger partial charge in [0.15, 0.2) is 0 Å². The van der Waals surface area contributed by atoms with Gasteiger partial charge in [-0.15, -0.1) is 11.3 Å². The molecule has 7 heteroatoms. The fourth-order valence-corrected chi connectivity index (χ4v) is 5.24. The Labute approximate surface area is 199 Å². The summed E-state index contributed by atoms with van der Waals surface area (Å²) < 4.78 is 2.41. The van der Waals surface area contributed by atoms with Crippen LogP contribution in [-0.2, 0) is 17.8 Å². The Bertz CT molecular complexity index is 1340. The molecule has 0 aliphatic rings. The molecular formula is C25H24BrN3O2S. The van der Waals surface area contributed by atoms with Gasteiger partial charge in [-0.2, -0.15) is 0 Å². The monoisotopic (exact) mass is 509 g/mol. The average Bonchev–Trinajstić information content (AvgIpc) is 3.16. The summed E-state index contributed by atoms with van der Waals surface area (Å²) in [6, 6.07) is 15.8. The maximum absolute atomic E-state index is 13.5. The molecule has 4 aromatic rings. The van der Waals surface area contributed by atoms with Gasteiger partial charge in [0.1, 0.15) is 11.4 Å². The fourth-order valence-electron chi connectivity index (χ4n) is 3.89. The van der Waals surface area contributed by atoms with Crippen molar-refractivity contribution in [2.24, 2.45) is 0 Å². The maximum atomic E-state index is 13.5. The van der Waals surface area contributed by atoms with Crippen molar-refractivity contribution in [3.63, 3.8) is 0 Å². The zero-order valence-corrected chi connectivity index (χ0v) is 20.7. The molecule has 0 N–H and O–H groups in total. The van der Waals surface area contributed by atoms with E-state index in [-0.39, 0.29) is 18.0 Å². The minimum atomic E-state index is -0.183. The van der Waals surface area contributed by atoms with E-state index in [1.54, 1.807) is 16.2 Å². The number of aryl methyl sites for hydroxylation is 2. The number of benzene rings is 2. The summed E-state index contributed by atoms with van der Waals surface area (Å²) in [4.78, 5) is 34.7. The van der Waals surface area contributed by atoms with E-state index in [0.717, 1.165) is 38.1 Å². The second kappa shape index (κ2) is 9.38. The van der Waals surface area contributed by atoms with Crippen LogP contribution < -0.4 is 10.5 Å². The number of thiophene rings is 1. The quantitative estimate of drug-likeness (QED) is 0.329. The van der Waals surface area contributed by atoms with Crippen LogP contribution in [0.3, 0.4) is 0 Å². The van der Waals surface area contributed by atoms with Gasteiger partial charge in [0.25, 0.3) is 5.56 Å². The van der Waals surface area contributed by atoms with Gasteiger partial charge in [-0.05, 0) is 55.7 Å². The van der Waals surface area contributed by atoms with Gasteiger partial charge in [-0.25, -0.2) is 4.98 Å². The first-order chi connectivity index (χ1) is 15.4. The Morgan fingerprint density at radius 1 is 1.16 bits per heavy atom. The molecule has 164 valence electrons. The van der Waals surface area contributed by atoms with Crippen LogP contribution in [0.25, 0.3) is 21.3 Å². The van der Waals surface area contributed by atoms with Gasteiger partial charge in [0, 0.05) is 27.1 Å². The SMILES string of the molecule is CCc1sc2ncn(CC(=O)N(CC)c3cccc(C)c3)c(=O)c2c1-c1ccc(Br)cc1. The van der Waals surface area contributed by atoms with E-state index < -0.39 is 0 Å². The standard InChI is InChI=1S/C25H24BrN3O2S/c1-4-20-22(17-9-11-18(26)12-10-17)23-24(32-20)27-15-28(25(23)31)14-21(30)29(5-2)19-8-6-7-16(3)13-19/h6-13,15H,4-5,14H2,1-3H3. The predicted octanol–water partition coefficient (Wildman–Crippen LogP) is 5.81. The number of amides is 1. The summed E-state index contributed by atoms with van der Waals surface area (Å²) in [5.41, 5.74) is 3.63. The largest absolute Gasteiger partial charge is 0.311 e. The molecule has 5 nitrogen and oxygen atoms in total. The Kier molecular flexibility index (Phi) is 6.58. The molecule has 0 aliphatic carbocycles. The molecule has 0 saturated carbocycles. The number of halogens is 1. The molecule has 0 fully saturated rings. The number of likely N-dealkylation sites (N-methyl/N-ethyl adjacent to an activating group) is 1. The summed E-state index contributed by atoms with van der Waals surface area (Å²) in [5, 5.41) is 0.586. The lowest BCUT2D eigenvalue weighted by atomic mass is 10.0. The first kappa shape index (κ1) is 22.4. The van der Waals surface area contributed by atoms with Gasteiger partial charge >= 0.3 is 0 Å². The molecule has 1 amide bonds. The van der Waals surface area contributed by atoms with E-state index in [4.69, 9.17) is 0 Å². The maximum Gasteiger partial charge on any atom is 0.263 e. The number of aromatic nitrogens is 2. The topological polar surface area (TPSA) is 55.2 Å². The van der Waals surface area contributed by atoms with Crippen LogP contribution >= 0.6 is 27.3 Å². The lowest BCUT2D eigenvalue weighted by Crippen LogP contribution is -2.36. The van der Waals surface area contributed by atoms with Crippen LogP contribution in [0.15, 0.2) is 64.1 Å². The average molecular weight is 510 g/mol. The lowest BCUT2D eigenvalue weighted by Gasteiger charge is -2.22. The molecule has 32 heavy (non-hydrogen) atoms. The van der Waals surface area contributed by atoms with Crippen molar-refractivity contribution in [2.45, 2.75) is 33.7 Å².